The fourth-order valence-electron chi connectivity index (χ4n) is 0.840. The fraction of sp³-hybridized carbons (Fsp3) is 0.333. The second kappa shape index (κ2) is 4.77. The maximum Gasteiger partial charge on any atom is 0.304 e. The number of hydrogen-bond acceptors (Lipinski definition) is 3. The Balaban J connectivity index is 2.68. The highest BCUT2D eigenvalue weighted by molar-refractivity contribution is 5.92. The highest BCUT2D eigenvalue weighted by Gasteiger charge is 2.20. The largest absolute Gasteiger partial charge is 0.453 e. The van der Waals surface area contributed by atoms with Crippen LogP contribution in [0.4, 0.5) is 13.2 Å². The zero-order valence-corrected chi connectivity index (χ0v) is 7.78. The summed E-state index contributed by atoms with van der Waals surface area (Å²) in [6, 6.07) is 2.48. The fourth-order valence-corrected chi connectivity index (χ4v) is 0.840. The van der Waals surface area contributed by atoms with Crippen molar-refractivity contribution < 1.29 is 22.7 Å². The number of hydrogen-bond donors (Lipinski definition) is 0. The molecule has 1 heterocycles. The molecule has 0 aliphatic carbocycles. The van der Waals surface area contributed by atoms with Gasteiger partial charge in [-0.05, 0) is 12.1 Å². The van der Waals surface area contributed by atoms with Crippen LogP contribution in [-0.4, -0.2) is 23.6 Å². The molecule has 0 saturated carbocycles. The normalized spacial score (nSPS) is 12.6. The van der Waals surface area contributed by atoms with Crippen LogP contribution >= 0.6 is 0 Å². The smallest absolute Gasteiger partial charge is 0.304 e. The van der Waals surface area contributed by atoms with Gasteiger partial charge in [-0.3, -0.25) is 4.79 Å². The minimum Gasteiger partial charge on any atom is -0.453 e. The SMILES string of the molecule is CC(=O)c1ccc(OC(F)C(F)F)cn1. The molecule has 1 atom stereocenters. The molecule has 0 saturated heterocycles. The Morgan fingerprint density at radius 3 is 2.47 bits per heavy atom. The topological polar surface area (TPSA) is 39.2 Å². The molecule has 3 nitrogen and oxygen atoms in total. The first-order valence-electron chi connectivity index (χ1n) is 4.06. The Hall–Kier alpha value is -1.59. The number of carbonyl (C=O) groups is 1. The molecule has 0 fully saturated rings. The molecule has 1 unspecified atom stereocenters. The van der Waals surface area contributed by atoms with Crippen molar-refractivity contribution in [3.63, 3.8) is 0 Å². The van der Waals surface area contributed by atoms with Crippen molar-refractivity contribution >= 4 is 5.78 Å². The van der Waals surface area contributed by atoms with Crippen LogP contribution in [0.1, 0.15) is 17.4 Å². The van der Waals surface area contributed by atoms with Crippen molar-refractivity contribution in [2.45, 2.75) is 19.7 Å². The molecule has 6 heteroatoms. The lowest BCUT2D eigenvalue weighted by Crippen LogP contribution is -2.19. The number of Topliss-reactive ketones (excluding diaryl/α,β-unsaturated/α-hetero) is 1. The number of rotatable bonds is 4. The van der Waals surface area contributed by atoms with E-state index in [4.69, 9.17) is 0 Å². The van der Waals surface area contributed by atoms with Gasteiger partial charge in [0, 0.05) is 6.92 Å². The van der Waals surface area contributed by atoms with Gasteiger partial charge in [0.2, 0.25) is 0 Å². The minimum atomic E-state index is -3.21. The predicted octanol–water partition coefficient (Wildman–Crippen LogP) is 2.22. The number of nitrogens with zero attached hydrogens (tertiary/aromatic N) is 1. The lowest BCUT2D eigenvalue weighted by molar-refractivity contribution is -0.0670. The summed E-state index contributed by atoms with van der Waals surface area (Å²) in [5.41, 5.74) is 0.162. The first-order chi connectivity index (χ1) is 7.00. The molecule has 0 radical (unpaired) electrons. The molecule has 0 aromatic carbocycles. The monoisotopic (exact) mass is 219 g/mol. The van der Waals surface area contributed by atoms with Gasteiger partial charge in [-0.15, -0.1) is 0 Å². The van der Waals surface area contributed by atoms with Gasteiger partial charge in [-0.2, -0.15) is 4.39 Å². The van der Waals surface area contributed by atoms with Crippen LogP contribution in [0.5, 0.6) is 5.75 Å². The van der Waals surface area contributed by atoms with Gasteiger partial charge >= 0.3 is 6.43 Å². The minimum absolute atomic E-state index is 0.146. The quantitative estimate of drug-likeness (QED) is 0.729. The van der Waals surface area contributed by atoms with Crippen LogP contribution < -0.4 is 4.74 Å². The summed E-state index contributed by atoms with van der Waals surface area (Å²) in [5, 5.41) is 0. The maximum absolute atomic E-state index is 12.4. The molecule has 82 valence electrons. The number of carbonyl (C=O) groups excluding carboxylic acids is 1. The summed E-state index contributed by atoms with van der Waals surface area (Å²) in [7, 11) is 0. The number of halogens is 3. The van der Waals surface area contributed by atoms with E-state index in [0.29, 0.717) is 0 Å². The molecule has 0 spiro atoms. The van der Waals surface area contributed by atoms with Crippen LogP contribution in [-0.2, 0) is 0 Å². The van der Waals surface area contributed by atoms with Crippen molar-refractivity contribution in [3.8, 4) is 5.75 Å². The standard InChI is InChI=1S/C9H8F3NO2/c1-5(14)7-3-2-6(4-13-7)15-9(12)8(10)11/h2-4,8-9H,1H3. The molecule has 0 N–H and O–H groups in total. The molecule has 1 aromatic heterocycles. The van der Waals surface area contributed by atoms with Crippen molar-refractivity contribution in [1.82, 2.24) is 4.98 Å². The number of alkyl halides is 3. The molecular weight excluding hydrogens is 211 g/mol. The first-order valence-corrected chi connectivity index (χ1v) is 4.06. The van der Waals surface area contributed by atoms with E-state index in [1.54, 1.807) is 0 Å². The molecule has 0 aliphatic heterocycles. The van der Waals surface area contributed by atoms with Gasteiger partial charge in [-0.25, -0.2) is 13.8 Å². The Labute approximate surface area is 83.9 Å². The van der Waals surface area contributed by atoms with E-state index in [1.165, 1.54) is 19.1 Å². The van der Waals surface area contributed by atoms with Gasteiger partial charge in [0.05, 0.1) is 6.20 Å². The van der Waals surface area contributed by atoms with Crippen molar-refractivity contribution in [2.75, 3.05) is 0 Å². The average Bonchev–Trinajstić information content (AvgIpc) is 2.18. The second-order valence-electron chi connectivity index (χ2n) is 2.74. The third-order valence-electron chi connectivity index (χ3n) is 1.54. The summed E-state index contributed by atoms with van der Waals surface area (Å²) in [4.78, 5) is 14.4. The Bertz CT molecular complexity index is 340. The van der Waals surface area contributed by atoms with Crippen molar-refractivity contribution in [2.24, 2.45) is 0 Å². The number of pyridine rings is 1. The van der Waals surface area contributed by atoms with Crippen molar-refractivity contribution in [3.05, 3.63) is 24.0 Å². The maximum atomic E-state index is 12.4. The molecule has 0 amide bonds. The summed E-state index contributed by atoms with van der Waals surface area (Å²) >= 11 is 0. The van der Waals surface area contributed by atoms with Crippen LogP contribution in [0.3, 0.4) is 0 Å². The van der Waals surface area contributed by atoms with E-state index in [9.17, 15) is 18.0 Å². The van der Waals surface area contributed by atoms with Gasteiger partial charge in [0.25, 0.3) is 6.36 Å². The highest BCUT2D eigenvalue weighted by atomic mass is 19.3. The third kappa shape index (κ3) is 3.23. The Morgan fingerprint density at radius 2 is 2.07 bits per heavy atom. The molecule has 0 aliphatic rings. The van der Waals surface area contributed by atoms with E-state index >= 15 is 0 Å². The molecule has 15 heavy (non-hydrogen) atoms. The first kappa shape index (κ1) is 11.5. The predicted molar refractivity (Wildman–Crippen MR) is 45.8 cm³/mol. The molecule has 0 bridgehead atoms. The second-order valence-corrected chi connectivity index (χ2v) is 2.74. The Kier molecular flexibility index (Phi) is 3.65. The number of aromatic nitrogens is 1. The van der Waals surface area contributed by atoms with Gasteiger partial charge in [0.15, 0.2) is 5.78 Å². The van der Waals surface area contributed by atoms with E-state index in [2.05, 4.69) is 9.72 Å². The van der Waals surface area contributed by atoms with E-state index in [-0.39, 0.29) is 17.2 Å². The van der Waals surface area contributed by atoms with E-state index < -0.39 is 12.8 Å². The highest BCUT2D eigenvalue weighted by Crippen LogP contribution is 2.15. The zero-order chi connectivity index (χ0) is 11.4. The average molecular weight is 219 g/mol. The lowest BCUT2D eigenvalue weighted by Gasteiger charge is -2.09. The van der Waals surface area contributed by atoms with Gasteiger partial charge < -0.3 is 4.74 Å². The van der Waals surface area contributed by atoms with Crippen LogP contribution in [0, 0.1) is 0 Å². The van der Waals surface area contributed by atoms with Gasteiger partial charge in [-0.1, -0.05) is 0 Å². The molecule has 1 aromatic rings. The van der Waals surface area contributed by atoms with E-state index in [0.717, 1.165) is 6.20 Å². The molecule has 1 rings (SSSR count). The zero-order valence-electron chi connectivity index (χ0n) is 7.78. The van der Waals surface area contributed by atoms with Crippen molar-refractivity contribution in [1.29, 1.82) is 0 Å². The number of ketones is 1. The van der Waals surface area contributed by atoms with Gasteiger partial charge in [0.1, 0.15) is 11.4 Å². The lowest BCUT2D eigenvalue weighted by atomic mass is 10.3. The summed E-state index contributed by atoms with van der Waals surface area (Å²) in [5.74, 6) is -0.417. The Morgan fingerprint density at radius 1 is 1.40 bits per heavy atom. The van der Waals surface area contributed by atoms with Crippen LogP contribution in [0.2, 0.25) is 0 Å². The summed E-state index contributed by atoms with van der Waals surface area (Å²) in [6.45, 7) is 1.31. The van der Waals surface area contributed by atoms with E-state index in [1.807, 2.05) is 0 Å². The summed E-state index contributed by atoms with van der Waals surface area (Å²) < 4.78 is 40.1. The summed E-state index contributed by atoms with van der Waals surface area (Å²) in [6.07, 6.45) is -4.88. The third-order valence-corrected chi connectivity index (χ3v) is 1.54. The van der Waals surface area contributed by atoms with Crippen LogP contribution in [0.15, 0.2) is 18.3 Å². The molecular formula is C9H8F3NO2. The van der Waals surface area contributed by atoms with Crippen LogP contribution in [0.25, 0.3) is 0 Å². The number of ether oxygens (including phenoxy) is 1.